The zero-order chi connectivity index (χ0) is 16.1. The third-order valence-corrected chi connectivity index (χ3v) is 2.71. The first kappa shape index (κ1) is 14.2. The van der Waals surface area contributed by atoms with Crippen LogP contribution in [0.4, 0.5) is 6.01 Å². The molecule has 2 aromatic heterocycles. The predicted octanol–water partition coefficient (Wildman–Crippen LogP) is 2.38. The van der Waals surface area contributed by atoms with Gasteiger partial charge in [-0.3, -0.25) is 10.1 Å². The van der Waals surface area contributed by atoms with Crippen LogP contribution >= 0.6 is 0 Å². The number of carbonyl (C=O) groups excluding carboxylic acids is 1. The van der Waals surface area contributed by atoms with Gasteiger partial charge in [0.1, 0.15) is 5.75 Å². The molecule has 3 aromatic rings. The monoisotopic (exact) mass is 307 g/mol. The Balaban J connectivity index is 1.66. The molecule has 0 saturated heterocycles. The second-order valence-electron chi connectivity index (χ2n) is 4.28. The topological polar surface area (TPSA) is 114 Å². The molecular formula is C15H9N5O3. The van der Waals surface area contributed by atoms with E-state index in [0.717, 1.165) is 0 Å². The highest BCUT2D eigenvalue weighted by atomic mass is 16.5. The number of ether oxygens (including phenoxy) is 1. The number of para-hydroxylation sites is 1. The number of pyridine rings is 1. The molecular weight excluding hydrogens is 298 g/mol. The van der Waals surface area contributed by atoms with Crippen LogP contribution < -0.4 is 10.1 Å². The summed E-state index contributed by atoms with van der Waals surface area (Å²) in [6.45, 7) is 0. The smallest absolute Gasteiger partial charge is 0.323 e. The van der Waals surface area contributed by atoms with Crippen LogP contribution in [0.3, 0.4) is 0 Å². The van der Waals surface area contributed by atoms with E-state index < -0.39 is 5.91 Å². The standard InChI is InChI=1S/C15H9N5O3/c16-8-13-19-20-15(23-13)18-14(21)10-6-7-12(17-9-10)22-11-4-2-1-3-5-11/h1-7,9H,(H,18,20,21). The number of amides is 1. The number of rotatable bonds is 4. The fourth-order valence-corrected chi connectivity index (χ4v) is 1.67. The van der Waals surface area contributed by atoms with Crippen LogP contribution in [0, 0.1) is 11.3 Å². The first-order valence-corrected chi connectivity index (χ1v) is 6.48. The van der Waals surface area contributed by atoms with Gasteiger partial charge >= 0.3 is 11.9 Å². The van der Waals surface area contributed by atoms with E-state index in [-0.39, 0.29) is 17.5 Å². The fourth-order valence-electron chi connectivity index (χ4n) is 1.67. The van der Waals surface area contributed by atoms with Crippen LogP contribution in [0.1, 0.15) is 16.2 Å². The zero-order valence-electron chi connectivity index (χ0n) is 11.6. The van der Waals surface area contributed by atoms with Crippen molar-refractivity contribution in [3.05, 3.63) is 60.1 Å². The third kappa shape index (κ3) is 3.48. The molecule has 0 aliphatic rings. The number of aromatic nitrogens is 3. The molecule has 0 unspecified atom stereocenters. The largest absolute Gasteiger partial charge is 0.439 e. The van der Waals surface area contributed by atoms with E-state index in [1.165, 1.54) is 6.20 Å². The van der Waals surface area contributed by atoms with Gasteiger partial charge < -0.3 is 9.15 Å². The second-order valence-corrected chi connectivity index (χ2v) is 4.28. The first-order chi connectivity index (χ1) is 11.2. The maximum atomic E-state index is 12.0. The van der Waals surface area contributed by atoms with Gasteiger partial charge in [0.15, 0.2) is 6.07 Å². The summed E-state index contributed by atoms with van der Waals surface area (Å²) in [4.78, 5) is 16.0. The highest BCUT2D eigenvalue weighted by Crippen LogP contribution is 2.18. The van der Waals surface area contributed by atoms with E-state index in [1.807, 2.05) is 18.2 Å². The van der Waals surface area contributed by atoms with Crippen molar-refractivity contribution in [3.8, 4) is 17.7 Å². The molecule has 23 heavy (non-hydrogen) atoms. The molecule has 0 aliphatic heterocycles. The Bertz CT molecular complexity index is 853. The Morgan fingerprint density at radius 1 is 1.17 bits per heavy atom. The lowest BCUT2D eigenvalue weighted by Crippen LogP contribution is -2.12. The average Bonchev–Trinajstić information content (AvgIpc) is 3.04. The predicted molar refractivity (Wildman–Crippen MR) is 77.7 cm³/mol. The minimum absolute atomic E-state index is 0.156. The van der Waals surface area contributed by atoms with Gasteiger partial charge in [0, 0.05) is 12.3 Å². The van der Waals surface area contributed by atoms with Gasteiger partial charge in [-0.05, 0) is 18.2 Å². The number of carbonyl (C=O) groups is 1. The van der Waals surface area contributed by atoms with E-state index in [2.05, 4.69) is 20.5 Å². The van der Waals surface area contributed by atoms with E-state index in [1.54, 1.807) is 30.3 Å². The van der Waals surface area contributed by atoms with Crippen molar-refractivity contribution in [3.63, 3.8) is 0 Å². The van der Waals surface area contributed by atoms with Crippen LogP contribution in [0.5, 0.6) is 11.6 Å². The van der Waals surface area contributed by atoms with Gasteiger partial charge in [0.05, 0.1) is 5.56 Å². The van der Waals surface area contributed by atoms with Crippen molar-refractivity contribution in [2.75, 3.05) is 5.32 Å². The van der Waals surface area contributed by atoms with Crippen LogP contribution in [0.15, 0.2) is 53.1 Å². The van der Waals surface area contributed by atoms with Crippen molar-refractivity contribution >= 4 is 11.9 Å². The summed E-state index contributed by atoms with van der Waals surface area (Å²) in [5.41, 5.74) is 0.280. The lowest BCUT2D eigenvalue weighted by atomic mass is 10.2. The molecule has 8 nitrogen and oxygen atoms in total. The molecule has 3 rings (SSSR count). The summed E-state index contributed by atoms with van der Waals surface area (Å²) in [6.07, 6.45) is 1.36. The van der Waals surface area contributed by atoms with Crippen molar-refractivity contribution in [1.82, 2.24) is 15.2 Å². The number of nitrogens with one attached hydrogen (secondary N) is 1. The Kier molecular flexibility index (Phi) is 3.93. The van der Waals surface area contributed by atoms with Crippen molar-refractivity contribution in [2.45, 2.75) is 0 Å². The minimum atomic E-state index is -0.489. The number of hydrogen-bond acceptors (Lipinski definition) is 7. The summed E-state index contributed by atoms with van der Waals surface area (Å²) in [5, 5.41) is 17.9. The van der Waals surface area contributed by atoms with Crippen molar-refractivity contribution in [1.29, 1.82) is 5.26 Å². The van der Waals surface area contributed by atoms with Crippen molar-refractivity contribution < 1.29 is 13.9 Å². The Hall–Kier alpha value is -3.73. The molecule has 8 heteroatoms. The molecule has 0 saturated carbocycles. The number of nitriles is 1. The number of benzene rings is 1. The second kappa shape index (κ2) is 6.36. The van der Waals surface area contributed by atoms with Crippen LogP contribution in [0.25, 0.3) is 0 Å². The van der Waals surface area contributed by atoms with Gasteiger partial charge in [-0.15, -0.1) is 0 Å². The van der Waals surface area contributed by atoms with Gasteiger partial charge in [-0.25, -0.2) is 4.98 Å². The van der Waals surface area contributed by atoms with Gasteiger partial charge in [-0.1, -0.05) is 28.4 Å². The molecule has 0 radical (unpaired) electrons. The van der Waals surface area contributed by atoms with Crippen LogP contribution in [0.2, 0.25) is 0 Å². The Morgan fingerprint density at radius 2 is 2.00 bits per heavy atom. The van der Waals surface area contributed by atoms with E-state index in [0.29, 0.717) is 11.6 Å². The number of hydrogen-bond donors (Lipinski definition) is 1. The zero-order valence-corrected chi connectivity index (χ0v) is 11.6. The van der Waals surface area contributed by atoms with E-state index >= 15 is 0 Å². The average molecular weight is 307 g/mol. The molecule has 1 amide bonds. The lowest BCUT2D eigenvalue weighted by molar-refractivity contribution is 0.102. The summed E-state index contributed by atoms with van der Waals surface area (Å²) in [7, 11) is 0. The first-order valence-electron chi connectivity index (χ1n) is 6.48. The normalized spacial score (nSPS) is 9.87. The maximum absolute atomic E-state index is 12.0. The van der Waals surface area contributed by atoms with Crippen LogP contribution in [-0.4, -0.2) is 21.1 Å². The fraction of sp³-hybridized carbons (Fsp3) is 0. The lowest BCUT2D eigenvalue weighted by Gasteiger charge is -2.05. The SMILES string of the molecule is N#Cc1nnc(NC(=O)c2ccc(Oc3ccccc3)nc2)o1. The molecule has 2 heterocycles. The van der Waals surface area contributed by atoms with Gasteiger partial charge in [-0.2, -0.15) is 5.26 Å². The molecule has 0 fully saturated rings. The maximum Gasteiger partial charge on any atom is 0.323 e. The van der Waals surface area contributed by atoms with Crippen molar-refractivity contribution in [2.24, 2.45) is 0 Å². The molecule has 112 valence electrons. The highest BCUT2D eigenvalue weighted by molar-refractivity contribution is 6.02. The molecule has 0 bridgehead atoms. The summed E-state index contributed by atoms with van der Waals surface area (Å²) >= 11 is 0. The quantitative estimate of drug-likeness (QED) is 0.786. The Morgan fingerprint density at radius 3 is 2.65 bits per heavy atom. The summed E-state index contributed by atoms with van der Waals surface area (Å²) in [5.74, 6) is 0.284. The molecule has 1 N–H and O–H groups in total. The molecule has 0 aliphatic carbocycles. The van der Waals surface area contributed by atoms with E-state index in [4.69, 9.17) is 14.4 Å². The third-order valence-electron chi connectivity index (χ3n) is 2.71. The highest BCUT2D eigenvalue weighted by Gasteiger charge is 2.12. The summed E-state index contributed by atoms with van der Waals surface area (Å²) < 4.78 is 10.4. The Labute approximate surface area is 130 Å². The van der Waals surface area contributed by atoms with Gasteiger partial charge in [0.2, 0.25) is 5.88 Å². The van der Waals surface area contributed by atoms with Crippen LogP contribution in [-0.2, 0) is 0 Å². The number of nitrogens with zero attached hydrogens (tertiary/aromatic N) is 4. The number of anilines is 1. The minimum Gasteiger partial charge on any atom is -0.439 e. The molecule has 0 atom stereocenters. The molecule has 1 aromatic carbocycles. The summed E-state index contributed by atoms with van der Waals surface area (Å²) in [6, 6.07) is 13.8. The van der Waals surface area contributed by atoms with Gasteiger partial charge in [0.25, 0.3) is 5.91 Å². The molecule has 0 spiro atoms. The van der Waals surface area contributed by atoms with E-state index in [9.17, 15) is 4.79 Å².